The molecule has 0 saturated carbocycles. The minimum Gasteiger partial charge on any atom is -0.341 e. The van der Waals surface area contributed by atoms with Crippen molar-refractivity contribution in [2.75, 3.05) is 23.3 Å². The smallest absolute Gasteiger partial charge is 0.274 e. The van der Waals surface area contributed by atoms with Crippen LogP contribution in [0.15, 0.2) is 24.3 Å². The molecule has 0 radical (unpaired) electrons. The van der Waals surface area contributed by atoms with E-state index < -0.39 is 0 Å². The van der Waals surface area contributed by atoms with E-state index in [0.717, 1.165) is 42.9 Å². The van der Waals surface area contributed by atoms with Crippen LogP contribution in [0.25, 0.3) is 0 Å². The Morgan fingerprint density at radius 2 is 1.72 bits per heavy atom. The Balaban J connectivity index is 2.27. The van der Waals surface area contributed by atoms with Gasteiger partial charge in [-0.15, -0.1) is 0 Å². The molecule has 0 atom stereocenters. The largest absolute Gasteiger partial charge is 0.341 e. The normalized spacial score (nSPS) is 10.6. The maximum absolute atomic E-state index is 12.7. The molecule has 2 rings (SSSR count). The van der Waals surface area contributed by atoms with Gasteiger partial charge in [0.25, 0.3) is 5.91 Å². The zero-order valence-electron chi connectivity index (χ0n) is 15.9. The lowest BCUT2D eigenvalue weighted by atomic mass is 10.1. The summed E-state index contributed by atoms with van der Waals surface area (Å²) in [5.74, 6) is 0.432. The number of hydrogen-bond donors (Lipinski definition) is 1. The monoisotopic (exact) mass is 340 g/mol. The van der Waals surface area contributed by atoms with E-state index in [1.807, 2.05) is 32.9 Å². The van der Waals surface area contributed by atoms with E-state index in [2.05, 4.69) is 40.1 Å². The van der Waals surface area contributed by atoms with E-state index in [9.17, 15) is 4.79 Å². The standard InChI is InChI=1S/C20H28N4O/c1-6-10-24(11-7-2)20-21-16(5)13-18(23-20)19(25)22-17-9-8-14(3)12-15(17)4/h8-9,12-13H,6-7,10-11H2,1-5H3,(H,22,25). The van der Waals surface area contributed by atoms with E-state index in [4.69, 9.17) is 0 Å². The fraction of sp³-hybridized carbons (Fsp3) is 0.450. The van der Waals surface area contributed by atoms with Crippen LogP contribution in [0.3, 0.4) is 0 Å². The van der Waals surface area contributed by atoms with Crippen molar-refractivity contribution in [1.82, 2.24) is 9.97 Å². The third-order valence-corrected chi connectivity index (χ3v) is 3.98. The summed E-state index contributed by atoms with van der Waals surface area (Å²) in [5, 5.41) is 2.96. The van der Waals surface area contributed by atoms with Gasteiger partial charge in [0.1, 0.15) is 5.69 Å². The quantitative estimate of drug-likeness (QED) is 0.817. The van der Waals surface area contributed by atoms with Crippen molar-refractivity contribution < 1.29 is 4.79 Å². The predicted molar refractivity (Wildman–Crippen MR) is 103 cm³/mol. The molecule has 25 heavy (non-hydrogen) atoms. The lowest BCUT2D eigenvalue weighted by molar-refractivity contribution is 0.102. The van der Waals surface area contributed by atoms with E-state index >= 15 is 0 Å². The maximum atomic E-state index is 12.7. The molecule has 1 heterocycles. The topological polar surface area (TPSA) is 58.1 Å². The summed E-state index contributed by atoms with van der Waals surface area (Å²) in [6, 6.07) is 7.70. The highest BCUT2D eigenvalue weighted by Gasteiger charge is 2.15. The maximum Gasteiger partial charge on any atom is 0.274 e. The molecule has 0 spiro atoms. The molecular weight excluding hydrogens is 312 g/mol. The van der Waals surface area contributed by atoms with Crippen LogP contribution in [0.1, 0.15) is 54.0 Å². The number of anilines is 2. The van der Waals surface area contributed by atoms with Crippen LogP contribution in [0.4, 0.5) is 11.6 Å². The van der Waals surface area contributed by atoms with E-state index in [-0.39, 0.29) is 5.91 Å². The number of aromatic nitrogens is 2. The summed E-state index contributed by atoms with van der Waals surface area (Å²) in [7, 11) is 0. The molecule has 0 saturated heterocycles. The van der Waals surface area contributed by atoms with Gasteiger partial charge >= 0.3 is 0 Å². The first-order valence-corrected chi connectivity index (χ1v) is 8.93. The second kappa shape index (κ2) is 8.60. The highest BCUT2D eigenvalue weighted by atomic mass is 16.1. The van der Waals surface area contributed by atoms with Crippen LogP contribution in [-0.2, 0) is 0 Å². The molecule has 0 aliphatic heterocycles. The Morgan fingerprint density at radius 3 is 2.32 bits per heavy atom. The number of rotatable bonds is 7. The fourth-order valence-electron chi connectivity index (χ4n) is 2.80. The van der Waals surface area contributed by atoms with Crippen molar-refractivity contribution >= 4 is 17.5 Å². The molecule has 2 aromatic rings. The van der Waals surface area contributed by atoms with E-state index in [1.54, 1.807) is 6.07 Å². The van der Waals surface area contributed by atoms with Gasteiger partial charge in [-0.1, -0.05) is 31.5 Å². The van der Waals surface area contributed by atoms with Gasteiger partial charge in [0, 0.05) is 24.5 Å². The zero-order valence-corrected chi connectivity index (χ0v) is 15.9. The van der Waals surface area contributed by atoms with E-state index in [0.29, 0.717) is 11.6 Å². The van der Waals surface area contributed by atoms with Crippen LogP contribution < -0.4 is 10.2 Å². The molecule has 0 aliphatic rings. The third-order valence-electron chi connectivity index (χ3n) is 3.98. The van der Waals surface area contributed by atoms with Gasteiger partial charge in [-0.25, -0.2) is 9.97 Å². The van der Waals surface area contributed by atoms with Crippen LogP contribution in [0.5, 0.6) is 0 Å². The van der Waals surface area contributed by atoms with Crippen molar-refractivity contribution in [2.45, 2.75) is 47.5 Å². The van der Waals surface area contributed by atoms with E-state index in [1.165, 1.54) is 5.56 Å². The Bertz CT molecular complexity index is 736. The Morgan fingerprint density at radius 1 is 1.04 bits per heavy atom. The summed E-state index contributed by atoms with van der Waals surface area (Å²) >= 11 is 0. The second-order valence-electron chi connectivity index (χ2n) is 6.45. The minimum atomic E-state index is -0.202. The molecule has 1 aromatic heterocycles. The first kappa shape index (κ1) is 18.9. The highest BCUT2D eigenvalue weighted by Crippen LogP contribution is 2.18. The summed E-state index contributed by atoms with van der Waals surface area (Å²) in [6.45, 7) is 12.0. The molecule has 0 bridgehead atoms. The van der Waals surface area contributed by atoms with Crippen LogP contribution >= 0.6 is 0 Å². The van der Waals surface area contributed by atoms with Gasteiger partial charge in [0.15, 0.2) is 0 Å². The van der Waals surface area contributed by atoms with Crippen LogP contribution in [0, 0.1) is 20.8 Å². The molecule has 0 unspecified atom stereocenters. The Labute approximate surface area is 150 Å². The van der Waals surface area contributed by atoms with Gasteiger partial charge in [0.2, 0.25) is 5.95 Å². The summed E-state index contributed by atoms with van der Waals surface area (Å²) in [4.78, 5) is 23.9. The lowest BCUT2D eigenvalue weighted by Gasteiger charge is -2.22. The molecule has 0 aliphatic carbocycles. The minimum absolute atomic E-state index is 0.202. The molecule has 134 valence electrons. The SMILES string of the molecule is CCCN(CCC)c1nc(C)cc(C(=O)Nc2ccc(C)cc2C)n1. The van der Waals surface area contributed by atoms with Crippen molar-refractivity contribution in [3.8, 4) is 0 Å². The number of carbonyl (C=O) groups is 1. The predicted octanol–water partition coefficient (Wildman–Crippen LogP) is 4.28. The molecule has 1 amide bonds. The number of aryl methyl sites for hydroxylation is 3. The molecular formula is C20H28N4O. The Kier molecular flexibility index (Phi) is 6.51. The summed E-state index contributed by atoms with van der Waals surface area (Å²) in [5.41, 5.74) is 4.23. The third kappa shape index (κ3) is 5.02. The number of nitrogens with one attached hydrogen (secondary N) is 1. The first-order chi connectivity index (χ1) is 11.9. The van der Waals surface area contributed by atoms with Gasteiger partial charge in [-0.3, -0.25) is 4.79 Å². The second-order valence-corrected chi connectivity index (χ2v) is 6.45. The van der Waals surface area contributed by atoms with Crippen LogP contribution in [-0.4, -0.2) is 29.0 Å². The number of carbonyl (C=O) groups excluding carboxylic acids is 1. The number of benzene rings is 1. The lowest BCUT2D eigenvalue weighted by Crippen LogP contribution is -2.28. The van der Waals surface area contributed by atoms with Gasteiger partial charge in [-0.2, -0.15) is 0 Å². The number of nitrogens with zero attached hydrogens (tertiary/aromatic N) is 3. The summed E-state index contributed by atoms with van der Waals surface area (Å²) < 4.78 is 0. The highest BCUT2D eigenvalue weighted by molar-refractivity contribution is 6.03. The zero-order chi connectivity index (χ0) is 18.4. The molecule has 5 nitrogen and oxygen atoms in total. The van der Waals surface area contributed by atoms with Crippen molar-refractivity contribution in [1.29, 1.82) is 0 Å². The number of amides is 1. The van der Waals surface area contributed by atoms with Crippen molar-refractivity contribution in [3.05, 3.63) is 46.8 Å². The average Bonchev–Trinajstić information content (AvgIpc) is 2.56. The van der Waals surface area contributed by atoms with Gasteiger partial charge < -0.3 is 10.2 Å². The average molecular weight is 340 g/mol. The van der Waals surface area contributed by atoms with Gasteiger partial charge in [-0.05, 0) is 51.3 Å². The van der Waals surface area contributed by atoms with Gasteiger partial charge in [0.05, 0.1) is 0 Å². The molecule has 5 heteroatoms. The van der Waals surface area contributed by atoms with Crippen LogP contribution in [0.2, 0.25) is 0 Å². The first-order valence-electron chi connectivity index (χ1n) is 8.93. The molecule has 0 fully saturated rings. The molecule has 1 N–H and O–H groups in total. The number of hydrogen-bond acceptors (Lipinski definition) is 4. The summed E-state index contributed by atoms with van der Waals surface area (Å²) in [6.07, 6.45) is 2.03. The molecule has 1 aromatic carbocycles. The Hall–Kier alpha value is -2.43. The van der Waals surface area contributed by atoms with Crippen molar-refractivity contribution in [3.63, 3.8) is 0 Å². The fourth-order valence-corrected chi connectivity index (χ4v) is 2.80. The van der Waals surface area contributed by atoms with Crippen molar-refractivity contribution in [2.24, 2.45) is 0 Å².